The average molecular weight is 286 g/mol. The number of nitrogens with two attached hydrogens (primary N) is 1. The SMILES string of the molecule is COc1ccc2cc([C@@H]3C[C@H]3CN(O)C(N)=O)ccc2c1. The highest BCUT2D eigenvalue weighted by Crippen LogP contribution is 2.48. The first-order valence-corrected chi connectivity index (χ1v) is 6.92. The molecule has 1 aliphatic rings. The topological polar surface area (TPSA) is 75.8 Å². The van der Waals surface area contributed by atoms with Gasteiger partial charge in [-0.15, -0.1) is 0 Å². The molecule has 0 aliphatic heterocycles. The minimum atomic E-state index is -0.800. The molecule has 5 heteroatoms. The lowest BCUT2D eigenvalue weighted by Crippen LogP contribution is -2.34. The zero-order valence-corrected chi connectivity index (χ0v) is 11.8. The summed E-state index contributed by atoms with van der Waals surface area (Å²) in [6.07, 6.45) is 0.964. The van der Waals surface area contributed by atoms with Gasteiger partial charge in [0.2, 0.25) is 0 Å². The van der Waals surface area contributed by atoms with Gasteiger partial charge in [-0.3, -0.25) is 5.21 Å². The van der Waals surface area contributed by atoms with Crippen molar-refractivity contribution in [1.82, 2.24) is 5.06 Å². The van der Waals surface area contributed by atoms with Crippen LogP contribution in [0.3, 0.4) is 0 Å². The van der Waals surface area contributed by atoms with Gasteiger partial charge >= 0.3 is 6.03 Å². The van der Waals surface area contributed by atoms with Crippen molar-refractivity contribution in [3.05, 3.63) is 42.0 Å². The van der Waals surface area contributed by atoms with Gasteiger partial charge in [0.1, 0.15) is 5.75 Å². The fourth-order valence-electron chi connectivity index (χ4n) is 2.77. The number of fused-ring (bicyclic) bond motifs is 1. The number of benzene rings is 2. The van der Waals surface area contributed by atoms with Crippen LogP contribution in [0.5, 0.6) is 5.75 Å². The molecule has 5 nitrogen and oxygen atoms in total. The third-order valence-electron chi connectivity index (χ3n) is 4.08. The van der Waals surface area contributed by atoms with E-state index < -0.39 is 6.03 Å². The van der Waals surface area contributed by atoms with Gasteiger partial charge in [-0.05, 0) is 46.7 Å². The molecule has 3 N–H and O–H groups in total. The summed E-state index contributed by atoms with van der Waals surface area (Å²) in [6, 6.07) is 11.5. The van der Waals surface area contributed by atoms with Crippen molar-refractivity contribution in [2.24, 2.45) is 11.7 Å². The Morgan fingerprint density at radius 2 is 2.05 bits per heavy atom. The summed E-state index contributed by atoms with van der Waals surface area (Å²) >= 11 is 0. The predicted molar refractivity (Wildman–Crippen MR) is 79.4 cm³/mol. The maximum Gasteiger partial charge on any atom is 0.338 e. The fraction of sp³-hybridized carbons (Fsp3) is 0.312. The van der Waals surface area contributed by atoms with Gasteiger partial charge in [0, 0.05) is 0 Å². The van der Waals surface area contributed by atoms with Crippen LogP contribution in [0.1, 0.15) is 17.9 Å². The van der Waals surface area contributed by atoms with E-state index in [0.717, 1.165) is 22.9 Å². The van der Waals surface area contributed by atoms with E-state index in [-0.39, 0.29) is 5.92 Å². The molecule has 21 heavy (non-hydrogen) atoms. The highest BCUT2D eigenvalue weighted by molar-refractivity contribution is 5.84. The first-order valence-electron chi connectivity index (χ1n) is 6.92. The number of hydrogen-bond donors (Lipinski definition) is 2. The lowest BCUT2D eigenvalue weighted by atomic mass is 10.0. The summed E-state index contributed by atoms with van der Waals surface area (Å²) in [7, 11) is 1.66. The summed E-state index contributed by atoms with van der Waals surface area (Å²) in [6.45, 7) is 0.292. The molecule has 0 saturated heterocycles. The van der Waals surface area contributed by atoms with Gasteiger partial charge in [-0.25, -0.2) is 9.86 Å². The molecule has 3 rings (SSSR count). The van der Waals surface area contributed by atoms with Gasteiger partial charge in [0.25, 0.3) is 0 Å². The van der Waals surface area contributed by atoms with Crippen LogP contribution in [-0.4, -0.2) is 30.0 Å². The Morgan fingerprint density at radius 1 is 1.33 bits per heavy atom. The minimum absolute atomic E-state index is 0.276. The Balaban J connectivity index is 1.76. The van der Waals surface area contributed by atoms with E-state index in [0.29, 0.717) is 17.5 Å². The quantitative estimate of drug-likeness (QED) is 0.670. The Hall–Kier alpha value is -2.27. The maximum atomic E-state index is 10.8. The second kappa shape index (κ2) is 5.26. The van der Waals surface area contributed by atoms with Crippen LogP contribution in [0.15, 0.2) is 36.4 Å². The zero-order valence-electron chi connectivity index (χ0n) is 11.8. The number of urea groups is 1. The molecule has 2 aromatic rings. The van der Waals surface area contributed by atoms with E-state index in [2.05, 4.69) is 18.2 Å². The smallest absolute Gasteiger partial charge is 0.338 e. The highest BCUT2D eigenvalue weighted by Gasteiger charge is 2.39. The second-order valence-corrected chi connectivity index (χ2v) is 5.50. The van der Waals surface area contributed by atoms with E-state index in [1.807, 2.05) is 18.2 Å². The molecule has 2 aromatic carbocycles. The van der Waals surface area contributed by atoms with Crippen LogP contribution in [0.2, 0.25) is 0 Å². The fourth-order valence-corrected chi connectivity index (χ4v) is 2.77. The predicted octanol–water partition coefficient (Wildman–Crippen LogP) is 2.72. The van der Waals surface area contributed by atoms with Crippen LogP contribution in [0.25, 0.3) is 10.8 Å². The molecular weight excluding hydrogens is 268 g/mol. The Bertz CT molecular complexity index is 686. The van der Waals surface area contributed by atoms with Gasteiger partial charge < -0.3 is 10.5 Å². The first-order chi connectivity index (χ1) is 10.1. The number of nitrogens with zero attached hydrogens (tertiary/aromatic N) is 1. The van der Waals surface area contributed by atoms with E-state index >= 15 is 0 Å². The number of primary amides is 1. The molecule has 0 heterocycles. The number of ether oxygens (including phenoxy) is 1. The normalized spacial score (nSPS) is 20.3. The van der Waals surface area contributed by atoms with E-state index in [1.54, 1.807) is 7.11 Å². The number of hydroxylamine groups is 2. The van der Waals surface area contributed by atoms with Crippen LogP contribution in [-0.2, 0) is 0 Å². The van der Waals surface area contributed by atoms with Crippen molar-refractivity contribution in [3.8, 4) is 5.75 Å². The van der Waals surface area contributed by atoms with Crippen LogP contribution < -0.4 is 10.5 Å². The summed E-state index contributed by atoms with van der Waals surface area (Å²) in [5, 5.41) is 12.3. The molecule has 0 radical (unpaired) electrons. The molecule has 1 fully saturated rings. The second-order valence-electron chi connectivity index (χ2n) is 5.50. The number of carbonyl (C=O) groups is 1. The molecule has 1 saturated carbocycles. The average Bonchev–Trinajstić information content (AvgIpc) is 3.25. The Kier molecular flexibility index (Phi) is 3.43. The van der Waals surface area contributed by atoms with Crippen molar-refractivity contribution in [3.63, 3.8) is 0 Å². The minimum Gasteiger partial charge on any atom is -0.497 e. The molecule has 0 spiro atoms. The lowest BCUT2D eigenvalue weighted by molar-refractivity contribution is -0.0431. The summed E-state index contributed by atoms with van der Waals surface area (Å²) in [5.41, 5.74) is 6.26. The van der Waals surface area contributed by atoms with Crippen molar-refractivity contribution in [2.75, 3.05) is 13.7 Å². The van der Waals surface area contributed by atoms with E-state index in [9.17, 15) is 10.0 Å². The summed E-state index contributed by atoms with van der Waals surface area (Å²) in [4.78, 5) is 10.8. The molecule has 0 unspecified atom stereocenters. The number of hydrogen-bond acceptors (Lipinski definition) is 3. The van der Waals surface area contributed by atoms with E-state index in [1.165, 1.54) is 5.56 Å². The highest BCUT2D eigenvalue weighted by atomic mass is 16.5. The van der Waals surface area contributed by atoms with Crippen LogP contribution >= 0.6 is 0 Å². The van der Waals surface area contributed by atoms with Gasteiger partial charge in [0.15, 0.2) is 0 Å². The van der Waals surface area contributed by atoms with Crippen molar-refractivity contribution in [1.29, 1.82) is 0 Å². The molecule has 110 valence electrons. The van der Waals surface area contributed by atoms with E-state index in [4.69, 9.17) is 10.5 Å². The monoisotopic (exact) mass is 286 g/mol. The number of amides is 2. The number of methoxy groups -OCH3 is 1. The third kappa shape index (κ3) is 2.78. The first kappa shape index (κ1) is 13.7. The zero-order chi connectivity index (χ0) is 15.0. The summed E-state index contributed by atoms with van der Waals surface area (Å²) < 4.78 is 5.22. The molecular formula is C16H18N2O3. The molecule has 0 bridgehead atoms. The molecule has 2 amide bonds. The molecule has 2 atom stereocenters. The van der Waals surface area contributed by atoms with Crippen molar-refractivity contribution < 1.29 is 14.7 Å². The van der Waals surface area contributed by atoms with Crippen LogP contribution in [0, 0.1) is 5.92 Å². The van der Waals surface area contributed by atoms with Gasteiger partial charge in [-0.2, -0.15) is 0 Å². The molecule has 1 aliphatic carbocycles. The Labute approximate surface area is 122 Å². The maximum absolute atomic E-state index is 10.8. The summed E-state index contributed by atoms with van der Waals surface area (Å²) in [5.74, 6) is 1.50. The van der Waals surface area contributed by atoms with Crippen LogP contribution in [0.4, 0.5) is 4.79 Å². The standard InChI is InChI=1S/C16H18N2O3/c1-21-14-5-4-10-6-12(3-2-11(10)7-14)15-8-13(15)9-18(20)16(17)19/h2-7,13,15,20H,8-9H2,1H3,(H2,17,19)/t13-,15-/m0/s1. The number of rotatable bonds is 4. The largest absolute Gasteiger partial charge is 0.497 e. The van der Waals surface area contributed by atoms with Gasteiger partial charge in [0.05, 0.1) is 13.7 Å². The lowest BCUT2D eigenvalue weighted by Gasteiger charge is -2.11. The number of carbonyl (C=O) groups excluding carboxylic acids is 1. The molecule has 0 aromatic heterocycles. The third-order valence-corrected chi connectivity index (χ3v) is 4.08. The van der Waals surface area contributed by atoms with Gasteiger partial charge in [-0.1, -0.05) is 24.3 Å². The Morgan fingerprint density at radius 3 is 2.76 bits per heavy atom. The van der Waals surface area contributed by atoms with Crippen molar-refractivity contribution >= 4 is 16.8 Å². The van der Waals surface area contributed by atoms with Crippen molar-refractivity contribution in [2.45, 2.75) is 12.3 Å².